The summed E-state index contributed by atoms with van der Waals surface area (Å²) in [6, 6.07) is 2.58. The second kappa shape index (κ2) is 13.2. The van der Waals surface area contributed by atoms with Crippen molar-refractivity contribution >= 4 is 26.0 Å². The zero-order valence-electron chi connectivity index (χ0n) is 21.4. The van der Waals surface area contributed by atoms with Crippen molar-refractivity contribution in [1.29, 1.82) is 0 Å². The summed E-state index contributed by atoms with van der Waals surface area (Å²) in [7, 11) is -7.54. The molecule has 39 heavy (non-hydrogen) atoms. The zero-order chi connectivity index (χ0) is 28.8. The average Bonchev–Trinajstić information content (AvgIpc) is 3.33. The van der Waals surface area contributed by atoms with Gasteiger partial charge in [0.2, 0.25) is 0 Å². The summed E-state index contributed by atoms with van der Waals surface area (Å²) in [6.07, 6.45) is 2.67. The Balaban J connectivity index is 0.000000532. The highest BCUT2D eigenvalue weighted by Crippen LogP contribution is 2.39. The van der Waals surface area contributed by atoms with Crippen LogP contribution < -0.4 is 5.73 Å². The number of carboxylic acids is 1. The number of pyridine rings is 1. The Kier molecular flexibility index (Phi) is 10.7. The number of morpholine rings is 1. The van der Waals surface area contributed by atoms with E-state index in [1.807, 2.05) is 0 Å². The van der Waals surface area contributed by atoms with Gasteiger partial charge in [-0.2, -0.15) is 30.2 Å². The number of nitrogens with two attached hydrogens (primary N) is 1. The maximum Gasteiger partial charge on any atom is 0.490 e. The smallest absolute Gasteiger partial charge is 0.475 e. The van der Waals surface area contributed by atoms with Crippen LogP contribution in [-0.4, -0.2) is 92.3 Å². The van der Waals surface area contributed by atoms with Crippen molar-refractivity contribution in [2.45, 2.75) is 62.3 Å². The number of halogens is 3. The van der Waals surface area contributed by atoms with Crippen molar-refractivity contribution in [3.63, 3.8) is 0 Å². The molecule has 2 aliphatic heterocycles. The minimum Gasteiger partial charge on any atom is -0.475 e. The number of aliphatic carboxylic acids is 1. The quantitative estimate of drug-likeness (QED) is 0.476. The van der Waals surface area contributed by atoms with Crippen LogP contribution in [0.3, 0.4) is 0 Å². The van der Waals surface area contributed by atoms with Crippen LogP contribution in [0.1, 0.15) is 44.1 Å². The van der Waals surface area contributed by atoms with Crippen LogP contribution in [0.4, 0.5) is 13.2 Å². The third kappa shape index (κ3) is 8.33. The highest BCUT2D eigenvalue weighted by atomic mass is 32.2. The molecule has 3 N–H and O–H groups in total. The molecule has 1 aromatic heterocycles. The number of rotatable bonds is 7. The molecule has 2 atom stereocenters. The Hall–Kier alpha value is -1.85. The number of carboxylic acid groups (broad SMARTS) is 1. The first-order valence-electron chi connectivity index (χ1n) is 12.8. The van der Waals surface area contributed by atoms with Gasteiger partial charge in [-0.3, -0.25) is 0 Å². The first-order chi connectivity index (χ1) is 18.3. The van der Waals surface area contributed by atoms with Gasteiger partial charge in [0, 0.05) is 38.4 Å². The summed E-state index contributed by atoms with van der Waals surface area (Å²) in [4.78, 5) is 12.9. The van der Waals surface area contributed by atoms with Gasteiger partial charge >= 0.3 is 12.1 Å². The standard InChI is InChI=1S/C21H34N4O5S2.C2HF3O2/c22-14-17-6-7-23-21(12-17)31(26,27)16-20-13-19(18-4-2-1-3-5-18)15-25(20)32(28,29)24-8-10-30-11-9-24;3-2(4,5)1(6)7/h6-7,12,18-20H,1-5,8-11,13-16,22H2;(H,6,7)/t19?,20-;/m0./s1. The van der Waals surface area contributed by atoms with Gasteiger partial charge in [-0.25, -0.2) is 18.2 Å². The Labute approximate surface area is 226 Å². The van der Waals surface area contributed by atoms with Crippen LogP contribution >= 0.6 is 0 Å². The second-order valence-corrected chi connectivity index (χ2v) is 13.8. The third-order valence-electron chi connectivity index (χ3n) is 7.31. The fourth-order valence-corrected chi connectivity index (χ4v) is 8.78. The second-order valence-electron chi connectivity index (χ2n) is 9.93. The number of alkyl halides is 3. The predicted octanol–water partition coefficient (Wildman–Crippen LogP) is 1.80. The maximum absolute atomic E-state index is 13.5. The Morgan fingerprint density at radius 3 is 2.28 bits per heavy atom. The highest BCUT2D eigenvalue weighted by molar-refractivity contribution is 7.91. The summed E-state index contributed by atoms with van der Waals surface area (Å²) in [5.74, 6) is -2.37. The molecule has 0 aromatic carbocycles. The van der Waals surface area contributed by atoms with Crippen LogP contribution in [0.25, 0.3) is 0 Å². The van der Waals surface area contributed by atoms with Gasteiger partial charge in [0.05, 0.1) is 19.0 Å². The predicted molar refractivity (Wildman–Crippen MR) is 134 cm³/mol. The normalized spacial score (nSPS) is 24.2. The van der Waals surface area contributed by atoms with Gasteiger partial charge in [0.1, 0.15) is 0 Å². The summed E-state index contributed by atoms with van der Waals surface area (Å²) >= 11 is 0. The number of hydrogen-bond acceptors (Lipinski definition) is 8. The molecule has 1 aliphatic carbocycles. The van der Waals surface area contributed by atoms with Crippen LogP contribution in [0.5, 0.6) is 0 Å². The molecule has 1 unspecified atom stereocenters. The molecule has 1 aromatic rings. The topological polar surface area (TPSA) is 160 Å². The van der Waals surface area contributed by atoms with E-state index in [1.54, 1.807) is 6.07 Å². The summed E-state index contributed by atoms with van der Waals surface area (Å²) in [6.45, 7) is 1.92. The van der Waals surface area contributed by atoms with E-state index in [1.165, 1.54) is 27.3 Å². The molecule has 16 heteroatoms. The first kappa shape index (κ1) is 31.7. The largest absolute Gasteiger partial charge is 0.490 e. The summed E-state index contributed by atoms with van der Waals surface area (Å²) in [5, 5.41) is 7.09. The van der Waals surface area contributed by atoms with Crippen LogP contribution in [0.2, 0.25) is 0 Å². The molecule has 222 valence electrons. The molecule has 1 saturated carbocycles. The molecule has 0 radical (unpaired) electrons. The Morgan fingerprint density at radius 2 is 1.72 bits per heavy atom. The van der Waals surface area contributed by atoms with Crippen LogP contribution in [-0.2, 0) is 36.1 Å². The van der Waals surface area contributed by atoms with Gasteiger partial charge in [-0.1, -0.05) is 32.1 Å². The molecular formula is C23H35F3N4O7S2. The van der Waals surface area contributed by atoms with E-state index < -0.39 is 38.2 Å². The monoisotopic (exact) mass is 600 g/mol. The Bertz CT molecular complexity index is 1190. The van der Waals surface area contributed by atoms with Gasteiger partial charge < -0.3 is 15.6 Å². The zero-order valence-corrected chi connectivity index (χ0v) is 23.1. The lowest BCUT2D eigenvalue weighted by molar-refractivity contribution is -0.192. The van der Waals surface area contributed by atoms with Crippen LogP contribution in [0, 0.1) is 11.8 Å². The van der Waals surface area contributed by atoms with E-state index in [-0.39, 0.29) is 23.2 Å². The molecule has 0 spiro atoms. The maximum atomic E-state index is 13.5. The van der Waals surface area contributed by atoms with Crippen molar-refractivity contribution in [1.82, 2.24) is 13.6 Å². The van der Waals surface area contributed by atoms with E-state index in [2.05, 4.69) is 4.98 Å². The van der Waals surface area contributed by atoms with Gasteiger partial charge in [0.15, 0.2) is 14.9 Å². The van der Waals surface area contributed by atoms with Crippen molar-refractivity contribution in [2.75, 3.05) is 38.6 Å². The third-order valence-corrected chi connectivity index (χ3v) is 11.1. The molecule has 3 heterocycles. The van der Waals surface area contributed by atoms with E-state index in [9.17, 15) is 30.0 Å². The number of aromatic nitrogens is 1. The minimum atomic E-state index is -5.08. The van der Waals surface area contributed by atoms with Crippen molar-refractivity contribution in [2.24, 2.45) is 17.6 Å². The number of nitrogens with zero attached hydrogens (tertiary/aromatic N) is 3. The SMILES string of the molecule is NCc1ccnc(S(=O)(=O)C[C@@H]2CC(C3CCCCC3)CN2S(=O)(=O)N2CCOCC2)c1.O=C(O)C(F)(F)F. The molecule has 4 rings (SSSR count). The molecule has 2 saturated heterocycles. The molecular weight excluding hydrogens is 565 g/mol. The lowest BCUT2D eigenvalue weighted by Gasteiger charge is -2.33. The van der Waals surface area contributed by atoms with E-state index in [0.717, 1.165) is 25.7 Å². The molecule has 0 bridgehead atoms. The Morgan fingerprint density at radius 1 is 1.10 bits per heavy atom. The number of carbonyl (C=O) groups is 1. The first-order valence-corrected chi connectivity index (χ1v) is 15.8. The summed E-state index contributed by atoms with van der Waals surface area (Å²) in [5.41, 5.74) is 6.35. The van der Waals surface area contributed by atoms with Crippen molar-refractivity contribution < 1.29 is 44.6 Å². The fourth-order valence-electron chi connectivity index (χ4n) is 5.31. The molecule has 3 fully saturated rings. The average molecular weight is 601 g/mol. The van der Waals surface area contributed by atoms with E-state index in [0.29, 0.717) is 50.8 Å². The fraction of sp³-hybridized carbons (Fsp3) is 0.739. The lowest BCUT2D eigenvalue weighted by atomic mass is 9.79. The number of ether oxygens (including phenoxy) is 1. The lowest BCUT2D eigenvalue weighted by Crippen LogP contribution is -2.51. The summed E-state index contributed by atoms with van der Waals surface area (Å²) < 4.78 is 93.5. The minimum absolute atomic E-state index is 0.0368. The molecule has 3 aliphatic rings. The van der Waals surface area contributed by atoms with Gasteiger partial charge in [-0.15, -0.1) is 0 Å². The highest BCUT2D eigenvalue weighted by Gasteiger charge is 2.46. The molecule has 0 amide bonds. The van der Waals surface area contributed by atoms with E-state index >= 15 is 0 Å². The van der Waals surface area contributed by atoms with E-state index in [4.69, 9.17) is 20.4 Å². The van der Waals surface area contributed by atoms with Crippen molar-refractivity contribution in [3.05, 3.63) is 23.9 Å². The number of hydrogen-bond donors (Lipinski definition) is 2. The van der Waals surface area contributed by atoms with Crippen LogP contribution in [0.15, 0.2) is 23.4 Å². The van der Waals surface area contributed by atoms with Gasteiger partial charge in [0.25, 0.3) is 10.2 Å². The molecule has 11 nitrogen and oxygen atoms in total. The van der Waals surface area contributed by atoms with Crippen molar-refractivity contribution in [3.8, 4) is 0 Å². The number of sulfone groups is 1. The van der Waals surface area contributed by atoms with Gasteiger partial charge in [-0.05, 0) is 36.0 Å².